The van der Waals surface area contributed by atoms with Crippen molar-refractivity contribution < 1.29 is 14.6 Å². The van der Waals surface area contributed by atoms with E-state index >= 15 is 0 Å². The zero-order chi connectivity index (χ0) is 14.7. The Kier molecular flexibility index (Phi) is 4.08. The average Bonchev–Trinajstić information content (AvgIpc) is 2.85. The van der Waals surface area contributed by atoms with Gasteiger partial charge in [-0.15, -0.1) is 0 Å². The third-order valence-corrected chi connectivity index (χ3v) is 3.04. The van der Waals surface area contributed by atoms with Gasteiger partial charge >= 0.3 is 5.97 Å². The average molecular weight is 274 g/mol. The predicted molar refractivity (Wildman–Crippen MR) is 75.1 cm³/mol. The van der Waals surface area contributed by atoms with Gasteiger partial charge in [0.25, 0.3) is 0 Å². The van der Waals surface area contributed by atoms with E-state index in [2.05, 4.69) is 18.8 Å². The van der Waals surface area contributed by atoms with Gasteiger partial charge in [-0.05, 0) is 32.9 Å². The molecule has 1 aromatic heterocycles. The Labute approximate surface area is 117 Å². The van der Waals surface area contributed by atoms with Crippen LogP contribution in [0.15, 0.2) is 30.7 Å². The maximum absolute atomic E-state index is 11.2. The highest BCUT2D eigenvalue weighted by Gasteiger charge is 2.13. The van der Waals surface area contributed by atoms with E-state index in [0.717, 1.165) is 11.3 Å². The monoisotopic (exact) mass is 274 g/mol. The molecule has 0 saturated carbocycles. The van der Waals surface area contributed by atoms with E-state index in [0.29, 0.717) is 12.4 Å². The third kappa shape index (κ3) is 2.99. The molecule has 0 radical (unpaired) electrons. The van der Waals surface area contributed by atoms with Crippen molar-refractivity contribution in [3.63, 3.8) is 0 Å². The quantitative estimate of drug-likeness (QED) is 0.910. The molecule has 5 nitrogen and oxygen atoms in total. The normalized spacial score (nSPS) is 10.8. The summed E-state index contributed by atoms with van der Waals surface area (Å²) in [5.74, 6) is -0.610. The fourth-order valence-corrected chi connectivity index (χ4v) is 2.00. The van der Waals surface area contributed by atoms with Crippen LogP contribution < -0.4 is 4.74 Å². The molecule has 20 heavy (non-hydrogen) atoms. The summed E-state index contributed by atoms with van der Waals surface area (Å²) in [5.41, 5.74) is 1.99. The summed E-state index contributed by atoms with van der Waals surface area (Å²) in [4.78, 5) is 15.3. The van der Waals surface area contributed by atoms with E-state index in [4.69, 9.17) is 4.74 Å². The van der Waals surface area contributed by atoms with Crippen LogP contribution in [0.5, 0.6) is 5.75 Å². The smallest absolute Gasteiger partial charge is 0.339 e. The zero-order valence-corrected chi connectivity index (χ0v) is 11.8. The topological polar surface area (TPSA) is 64.4 Å². The van der Waals surface area contributed by atoms with Crippen molar-refractivity contribution in [3.8, 4) is 5.75 Å². The van der Waals surface area contributed by atoms with Crippen LogP contribution in [0.2, 0.25) is 0 Å². The first-order valence-corrected chi connectivity index (χ1v) is 6.46. The summed E-state index contributed by atoms with van der Waals surface area (Å²) in [6, 6.07) is 5.42. The van der Waals surface area contributed by atoms with Crippen molar-refractivity contribution in [3.05, 3.63) is 47.5 Å². The summed E-state index contributed by atoms with van der Waals surface area (Å²) in [6.07, 6.45) is 3.48. The van der Waals surface area contributed by atoms with E-state index in [1.54, 1.807) is 24.7 Å². The molecule has 0 aliphatic heterocycles. The van der Waals surface area contributed by atoms with Crippen molar-refractivity contribution in [1.29, 1.82) is 0 Å². The maximum atomic E-state index is 11.2. The number of hydrogen-bond donors (Lipinski definition) is 1. The molecule has 106 valence electrons. The fraction of sp³-hybridized carbons (Fsp3) is 0.333. The molecule has 0 amide bonds. The number of carboxylic acid groups (broad SMARTS) is 1. The number of rotatable bonds is 5. The minimum absolute atomic E-state index is 0.181. The minimum Gasteiger partial charge on any atom is -0.486 e. The van der Waals surface area contributed by atoms with Crippen molar-refractivity contribution in [2.75, 3.05) is 0 Å². The highest BCUT2D eigenvalue weighted by atomic mass is 16.5. The zero-order valence-electron chi connectivity index (χ0n) is 11.8. The molecule has 2 rings (SSSR count). The van der Waals surface area contributed by atoms with Crippen molar-refractivity contribution >= 4 is 5.97 Å². The van der Waals surface area contributed by atoms with E-state index in [1.165, 1.54) is 0 Å². The maximum Gasteiger partial charge on any atom is 0.339 e. The predicted octanol–water partition coefficient (Wildman–Crippen LogP) is 3.05. The summed E-state index contributed by atoms with van der Waals surface area (Å²) in [7, 11) is 0. The summed E-state index contributed by atoms with van der Waals surface area (Å²) < 4.78 is 7.64. The Morgan fingerprint density at radius 1 is 1.45 bits per heavy atom. The van der Waals surface area contributed by atoms with Gasteiger partial charge in [-0.2, -0.15) is 0 Å². The Bertz CT molecular complexity index is 617. The molecule has 0 aliphatic rings. The van der Waals surface area contributed by atoms with Gasteiger partial charge in [0, 0.05) is 6.04 Å². The van der Waals surface area contributed by atoms with Gasteiger partial charge in [0.1, 0.15) is 17.9 Å². The number of carboxylic acids is 1. The second kappa shape index (κ2) is 5.77. The minimum atomic E-state index is -0.985. The molecule has 0 saturated heterocycles. The number of ether oxygens (including phenoxy) is 1. The molecule has 1 aromatic carbocycles. The van der Waals surface area contributed by atoms with Gasteiger partial charge in [0.05, 0.1) is 18.2 Å². The first kappa shape index (κ1) is 14.1. The van der Waals surface area contributed by atoms with Gasteiger partial charge in [-0.3, -0.25) is 0 Å². The number of benzene rings is 1. The van der Waals surface area contributed by atoms with Crippen LogP contribution >= 0.6 is 0 Å². The number of carbonyl (C=O) groups is 1. The number of hydrogen-bond acceptors (Lipinski definition) is 3. The molecule has 0 unspecified atom stereocenters. The second-order valence-electron chi connectivity index (χ2n) is 4.98. The van der Waals surface area contributed by atoms with Gasteiger partial charge in [-0.1, -0.05) is 11.6 Å². The van der Waals surface area contributed by atoms with Crippen LogP contribution in [0.3, 0.4) is 0 Å². The van der Waals surface area contributed by atoms with E-state index in [9.17, 15) is 9.90 Å². The highest BCUT2D eigenvalue weighted by molar-refractivity contribution is 5.91. The molecular weight excluding hydrogens is 256 g/mol. The van der Waals surface area contributed by atoms with Crippen LogP contribution in [0.1, 0.15) is 41.5 Å². The van der Waals surface area contributed by atoms with Crippen LogP contribution in [-0.2, 0) is 6.61 Å². The largest absolute Gasteiger partial charge is 0.486 e. The molecule has 5 heteroatoms. The first-order valence-electron chi connectivity index (χ1n) is 6.46. The molecule has 0 atom stereocenters. The van der Waals surface area contributed by atoms with Crippen molar-refractivity contribution in [2.24, 2.45) is 0 Å². The molecule has 0 fully saturated rings. The van der Waals surface area contributed by atoms with Crippen molar-refractivity contribution in [2.45, 2.75) is 33.4 Å². The first-order chi connectivity index (χ1) is 9.49. The lowest BCUT2D eigenvalue weighted by molar-refractivity contribution is 0.0691. The Balaban J connectivity index is 2.19. The molecule has 2 aromatic rings. The lowest BCUT2D eigenvalue weighted by atomic mass is 10.1. The number of aromatic nitrogens is 2. The summed E-state index contributed by atoms with van der Waals surface area (Å²) in [6.45, 7) is 6.26. The molecule has 1 N–H and O–H groups in total. The Morgan fingerprint density at radius 3 is 2.85 bits per heavy atom. The van der Waals surface area contributed by atoms with Gasteiger partial charge < -0.3 is 14.4 Å². The number of aryl methyl sites for hydroxylation is 1. The lowest BCUT2D eigenvalue weighted by Crippen LogP contribution is -2.09. The number of aromatic carboxylic acids is 1. The van der Waals surface area contributed by atoms with E-state index in [1.807, 2.05) is 17.6 Å². The standard InChI is InChI=1S/C15H18N2O3/c1-10(2)17-9-16-7-12(17)8-20-14-5-4-11(3)6-13(14)15(18)19/h4-7,9-10H,8H2,1-3H3,(H,18,19). The molecular formula is C15H18N2O3. The molecule has 1 heterocycles. The number of nitrogens with zero attached hydrogens (tertiary/aromatic N) is 2. The molecule has 0 bridgehead atoms. The van der Waals surface area contributed by atoms with Crippen LogP contribution in [-0.4, -0.2) is 20.6 Å². The SMILES string of the molecule is Cc1ccc(OCc2cncn2C(C)C)c(C(=O)O)c1. The lowest BCUT2D eigenvalue weighted by Gasteiger charge is -2.13. The fourth-order valence-electron chi connectivity index (χ4n) is 2.00. The van der Waals surface area contributed by atoms with Crippen LogP contribution in [0, 0.1) is 6.92 Å². The molecule has 0 aliphatic carbocycles. The number of imidazole rings is 1. The Hall–Kier alpha value is -2.30. The van der Waals surface area contributed by atoms with Gasteiger partial charge in [0.2, 0.25) is 0 Å². The van der Waals surface area contributed by atoms with Crippen LogP contribution in [0.4, 0.5) is 0 Å². The van der Waals surface area contributed by atoms with Gasteiger partial charge in [-0.25, -0.2) is 9.78 Å². The Morgan fingerprint density at radius 2 is 2.20 bits per heavy atom. The van der Waals surface area contributed by atoms with Crippen LogP contribution in [0.25, 0.3) is 0 Å². The second-order valence-corrected chi connectivity index (χ2v) is 4.98. The van der Waals surface area contributed by atoms with Crippen molar-refractivity contribution in [1.82, 2.24) is 9.55 Å². The van der Waals surface area contributed by atoms with E-state index < -0.39 is 5.97 Å². The summed E-state index contributed by atoms with van der Waals surface area (Å²) >= 11 is 0. The summed E-state index contributed by atoms with van der Waals surface area (Å²) in [5, 5.41) is 9.19. The van der Waals surface area contributed by atoms with Gasteiger partial charge in [0.15, 0.2) is 0 Å². The third-order valence-electron chi connectivity index (χ3n) is 3.04. The van der Waals surface area contributed by atoms with E-state index in [-0.39, 0.29) is 11.6 Å². The highest BCUT2D eigenvalue weighted by Crippen LogP contribution is 2.21. The molecule has 0 spiro atoms.